The molecule has 0 bridgehead atoms. The first-order valence-electron chi connectivity index (χ1n) is 6.77. The van der Waals surface area contributed by atoms with E-state index in [9.17, 15) is 0 Å². The van der Waals surface area contributed by atoms with E-state index in [1.54, 1.807) is 0 Å². The first-order valence-corrected chi connectivity index (χ1v) is 6.77. The number of likely N-dealkylation sites (N-methyl/N-ethyl adjacent to an activating group) is 1. The van der Waals surface area contributed by atoms with Crippen LogP contribution in [0.1, 0.15) is 12.5 Å². The number of nitrogens with zero attached hydrogens (tertiary/aromatic N) is 2. The lowest BCUT2D eigenvalue weighted by molar-refractivity contribution is 0.297. The number of hydrogen-bond acceptors (Lipinski definition) is 3. The zero-order valence-corrected chi connectivity index (χ0v) is 12.0. The number of para-hydroxylation sites is 1. The van der Waals surface area contributed by atoms with Gasteiger partial charge in [-0.3, -0.25) is 0 Å². The molecule has 0 saturated carbocycles. The van der Waals surface area contributed by atoms with E-state index in [2.05, 4.69) is 67.3 Å². The maximum absolute atomic E-state index is 3.68. The normalized spacial score (nSPS) is 24.6. The van der Waals surface area contributed by atoms with E-state index >= 15 is 0 Å². The summed E-state index contributed by atoms with van der Waals surface area (Å²) in [5, 5.41) is 3.68. The van der Waals surface area contributed by atoms with Gasteiger partial charge in [0.1, 0.15) is 0 Å². The van der Waals surface area contributed by atoms with Crippen LogP contribution in [0.25, 0.3) is 0 Å². The maximum atomic E-state index is 3.68. The van der Waals surface area contributed by atoms with E-state index in [0.717, 1.165) is 19.6 Å². The van der Waals surface area contributed by atoms with Gasteiger partial charge in [-0.15, -0.1) is 0 Å². The van der Waals surface area contributed by atoms with Crippen molar-refractivity contribution in [3.05, 3.63) is 29.8 Å². The lowest BCUT2D eigenvalue weighted by Crippen LogP contribution is -2.58. The first-order chi connectivity index (χ1) is 8.56. The van der Waals surface area contributed by atoms with E-state index in [-0.39, 0.29) is 0 Å². The molecule has 1 aromatic carbocycles. The van der Waals surface area contributed by atoms with Gasteiger partial charge in [0.25, 0.3) is 0 Å². The molecule has 18 heavy (non-hydrogen) atoms. The van der Waals surface area contributed by atoms with Gasteiger partial charge in [-0.1, -0.05) is 18.2 Å². The summed E-state index contributed by atoms with van der Waals surface area (Å²) < 4.78 is 0. The molecule has 0 amide bonds. The van der Waals surface area contributed by atoms with Crippen LogP contribution in [0.3, 0.4) is 0 Å². The average Bonchev–Trinajstić information content (AvgIpc) is 2.27. The van der Waals surface area contributed by atoms with Crippen molar-refractivity contribution in [3.63, 3.8) is 0 Å². The Morgan fingerprint density at radius 1 is 1.28 bits per heavy atom. The summed E-state index contributed by atoms with van der Waals surface area (Å²) in [6.45, 7) is 7.74. The van der Waals surface area contributed by atoms with Crippen molar-refractivity contribution >= 4 is 5.69 Å². The number of hydrogen-bond donors (Lipinski definition) is 1. The molecular weight excluding hydrogens is 222 g/mol. The predicted octanol–water partition coefficient (Wildman–Crippen LogP) is 1.72. The summed E-state index contributed by atoms with van der Waals surface area (Å²) in [4.78, 5) is 4.77. The molecule has 0 aromatic heterocycles. The summed E-state index contributed by atoms with van der Waals surface area (Å²) >= 11 is 0. The lowest BCUT2D eigenvalue weighted by atomic mass is 10.1. The van der Waals surface area contributed by atoms with Crippen molar-refractivity contribution < 1.29 is 0 Å². The van der Waals surface area contributed by atoms with Crippen LogP contribution in [-0.4, -0.2) is 50.7 Å². The monoisotopic (exact) mass is 247 g/mol. The van der Waals surface area contributed by atoms with Crippen LogP contribution < -0.4 is 10.2 Å². The molecule has 1 aromatic rings. The topological polar surface area (TPSA) is 18.5 Å². The molecule has 2 rings (SSSR count). The third-order valence-corrected chi connectivity index (χ3v) is 3.50. The molecule has 3 heteroatoms. The molecule has 3 nitrogen and oxygen atoms in total. The minimum Gasteiger partial charge on any atom is -0.368 e. The first kappa shape index (κ1) is 13.4. The van der Waals surface area contributed by atoms with E-state index < -0.39 is 0 Å². The lowest BCUT2D eigenvalue weighted by Gasteiger charge is -2.40. The van der Waals surface area contributed by atoms with Gasteiger partial charge in [-0.25, -0.2) is 0 Å². The second-order valence-electron chi connectivity index (χ2n) is 5.72. The van der Waals surface area contributed by atoms with Crippen molar-refractivity contribution in [2.24, 2.45) is 0 Å². The van der Waals surface area contributed by atoms with Gasteiger partial charge in [0.2, 0.25) is 0 Å². The zero-order valence-electron chi connectivity index (χ0n) is 12.0. The number of aryl methyl sites for hydroxylation is 1. The number of benzene rings is 1. The van der Waals surface area contributed by atoms with Crippen molar-refractivity contribution in [1.29, 1.82) is 0 Å². The van der Waals surface area contributed by atoms with Gasteiger partial charge >= 0.3 is 0 Å². The van der Waals surface area contributed by atoms with E-state index in [1.807, 2.05) is 0 Å². The van der Waals surface area contributed by atoms with Crippen molar-refractivity contribution in [2.75, 3.05) is 38.6 Å². The van der Waals surface area contributed by atoms with Crippen LogP contribution >= 0.6 is 0 Å². The Hall–Kier alpha value is -1.06. The molecule has 1 fully saturated rings. The molecule has 1 aliphatic rings. The third-order valence-electron chi connectivity index (χ3n) is 3.50. The van der Waals surface area contributed by atoms with Crippen LogP contribution in [0.2, 0.25) is 0 Å². The quantitative estimate of drug-likeness (QED) is 0.877. The molecule has 0 spiro atoms. The van der Waals surface area contributed by atoms with Gasteiger partial charge < -0.3 is 15.1 Å². The molecule has 2 unspecified atom stereocenters. The third kappa shape index (κ3) is 3.24. The summed E-state index contributed by atoms with van der Waals surface area (Å²) in [6.07, 6.45) is 0. The molecule has 0 radical (unpaired) electrons. The summed E-state index contributed by atoms with van der Waals surface area (Å²) in [6, 6.07) is 9.77. The van der Waals surface area contributed by atoms with Gasteiger partial charge in [0.15, 0.2) is 0 Å². The van der Waals surface area contributed by atoms with Crippen molar-refractivity contribution in [2.45, 2.75) is 25.9 Å². The van der Waals surface area contributed by atoms with Gasteiger partial charge in [-0.2, -0.15) is 0 Å². The average molecular weight is 247 g/mol. The Morgan fingerprint density at radius 3 is 2.67 bits per heavy atom. The SMILES string of the molecule is Cc1ccccc1N1CC(C)NC(CN(C)C)C1. The molecular formula is C15H25N3. The van der Waals surface area contributed by atoms with E-state index in [0.29, 0.717) is 12.1 Å². The summed E-state index contributed by atoms with van der Waals surface area (Å²) in [5.41, 5.74) is 2.75. The van der Waals surface area contributed by atoms with Gasteiger partial charge in [0.05, 0.1) is 0 Å². The fourth-order valence-corrected chi connectivity index (χ4v) is 2.85. The fraction of sp³-hybridized carbons (Fsp3) is 0.600. The number of nitrogens with one attached hydrogen (secondary N) is 1. The highest BCUT2D eigenvalue weighted by molar-refractivity contribution is 5.53. The molecule has 100 valence electrons. The Balaban J connectivity index is 2.11. The van der Waals surface area contributed by atoms with Gasteiger partial charge in [0, 0.05) is 37.4 Å². The molecule has 1 heterocycles. The number of piperazine rings is 1. The Labute approximate surface area is 111 Å². The largest absolute Gasteiger partial charge is 0.368 e. The van der Waals surface area contributed by atoms with Crippen LogP contribution in [0, 0.1) is 6.92 Å². The van der Waals surface area contributed by atoms with Crippen molar-refractivity contribution in [3.8, 4) is 0 Å². The maximum Gasteiger partial charge on any atom is 0.0397 e. The smallest absolute Gasteiger partial charge is 0.0397 e. The summed E-state index contributed by atoms with van der Waals surface area (Å²) in [7, 11) is 4.28. The highest BCUT2D eigenvalue weighted by Crippen LogP contribution is 2.21. The molecule has 1 aliphatic heterocycles. The van der Waals surface area contributed by atoms with Gasteiger partial charge in [-0.05, 0) is 39.6 Å². The number of anilines is 1. The standard InChI is InChI=1S/C15H25N3/c1-12-7-5-6-8-15(12)18-9-13(2)16-14(11-18)10-17(3)4/h5-8,13-14,16H,9-11H2,1-4H3. The minimum atomic E-state index is 0.545. The minimum absolute atomic E-state index is 0.545. The van der Waals surface area contributed by atoms with Crippen molar-refractivity contribution in [1.82, 2.24) is 10.2 Å². The molecule has 1 N–H and O–H groups in total. The van der Waals surface area contributed by atoms with E-state index in [1.165, 1.54) is 11.3 Å². The molecule has 0 aliphatic carbocycles. The highest BCUT2D eigenvalue weighted by atomic mass is 15.2. The van der Waals surface area contributed by atoms with Crippen LogP contribution in [-0.2, 0) is 0 Å². The Morgan fingerprint density at radius 2 is 2.00 bits per heavy atom. The molecule has 2 atom stereocenters. The van der Waals surface area contributed by atoms with Crippen LogP contribution in [0.5, 0.6) is 0 Å². The second-order valence-corrected chi connectivity index (χ2v) is 5.72. The fourth-order valence-electron chi connectivity index (χ4n) is 2.85. The van der Waals surface area contributed by atoms with E-state index in [4.69, 9.17) is 0 Å². The summed E-state index contributed by atoms with van der Waals surface area (Å²) in [5.74, 6) is 0. The zero-order chi connectivity index (χ0) is 13.1. The van der Waals surface area contributed by atoms with Crippen LogP contribution in [0.15, 0.2) is 24.3 Å². The van der Waals surface area contributed by atoms with Crippen LogP contribution in [0.4, 0.5) is 5.69 Å². The highest BCUT2D eigenvalue weighted by Gasteiger charge is 2.24. The predicted molar refractivity (Wildman–Crippen MR) is 78.3 cm³/mol. The number of rotatable bonds is 3. The second kappa shape index (κ2) is 5.72. The Kier molecular flexibility index (Phi) is 4.25. The Bertz CT molecular complexity index is 387. The molecule has 1 saturated heterocycles.